The summed E-state index contributed by atoms with van der Waals surface area (Å²) in [5, 5.41) is 3.09. The van der Waals surface area contributed by atoms with Gasteiger partial charge in [0.25, 0.3) is 0 Å². The number of nitrogens with one attached hydrogen (secondary N) is 1. The molecule has 24 heavy (non-hydrogen) atoms. The molecule has 0 saturated carbocycles. The van der Waals surface area contributed by atoms with Crippen molar-refractivity contribution in [3.05, 3.63) is 53.7 Å². The molecule has 1 N–H and O–H groups in total. The molecule has 0 aliphatic carbocycles. The Bertz CT molecular complexity index is 803. The Balaban J connectivity index is 1.76. The van der Waals surface area contributed by atoms with E-state index in [1.807, 2.05) is 25.4 Å². The second-order valence-corrected chi connectivity index (χ2v) is 8.28. The first-order valence-electron chi connectivity index (χ1n) is 8.14. The van der Waals surface area contributed by atoms with E-state index in [0.29, 0.717) is 10.9 Å². The number of hydrogen-bond acceptors (Lipinski definition) is 5. The summed E-state index contributed by atoms with van der Waals surface area (Å²) >= 11 is 0. The molecule has 1 fully saturated rings. The van der Waals surface area contributed by atoms with Gasteiger partial charge < -0.3 is 5.32 Å². The van der Waals surface area contributed by atoms with E-state index in [2.05, 4.69) is 27.3 Å². The normalized spacial score (nSPS) is 18.7. The first kappa shape index (κ1) is 16.9. The van der Waals surface area contributed by atoms with E-state index in [1.54, 1.807) is 12.1 Å². The van der Waals surface area contributed by atoms with E-state index in [-0.39, 0.29) is 0 Å². The van der Waals surface area contributed by atoms with E-state index in [9.17, 15) is 8.42 Å². The van der Waals surface area contributed by atoms with E-state index in [1.165, 1.54) is 18.2 Å². The van der Waals surface area contributed by atoms with Gasteiger partial charge in [-0.15, -0.1) is 0 Å². The Morgan fingerprint density at radius 2 is 2.00 bits per heavy atom. The minimum Gasteiger partial charge on any atom is -0.373 e. The van der Waals surface area contributed by atoms with Gasteiger partial charge in [0.1, 0.15) is 5.82 Å². The first-order valence-corrected chi connectivity index (χ1v) is 10.0. The Morgan fingerprint density at radius 1 is 1.25 bits per heavy atom. The molecule has 3 rings (SSSR count). The van der Waals surface area contributed by atoms with Crippen LogP contribution >= 0.6 is 0 Å². The lowest BCUT2D eigenvalue weighted by Crippen LogP contribution is -2.22. The number of benzene rings is 1. The van der Waals surface area contributed by atoms with Gasteiger partial charge in [-0.25, -0.2) is 13.4 Å². The highest BCUT2D eigenvalue weighted by Crippen LogP contribution is 2.33. The maximum Gasteiger partial charge on any atom is 0.175 e. The lowest BCUT2D eigenvalue weighted by molar-refractivity contribution is 0.248. The summed E-state index contributed by atoms with van der Waals surface area (Å²) in [6, 6.07) is 11.8. The number of rotatable bonds is 5. The average Bonchev–Trinajstić information content (AvgIpc) is 3.03. The van der Waals surface area contributed by atoms with Crippen molar-refractivity contribution >= 4 is 15.7 Å². The molecule has 2 heterocycles. The number of aromatic nitrogens is 1. The minimum absolute atomic E-state index is 0.372. The summed E-state index contributed by atoms with van der Waals surface area (Å²) in [4.78, 5) is 7.11. The van der Waals surface area contributed by atoms with Crippen molar-refractivity contribution in [2.75, 3.05) is 25.2 Å². The molecule has 0 radical (unpaired) electrons. The van der Waals surface area contributed by atoms with E-state index < -0.39 is 9.84 Å². The van der Waals surface area contributed by atoms with Crippen LogP contribution in [-0.4, -0.2) is 38.1 Å². The molecule has 0 amide bonds. The molecule has 0 spiro atoms. The van der Waals surface area contributed by atoms with Crippen molar-refractivity contribution in [2.24, 2.45) is 0 Å². The van der Waals surface area contributed by atoms with Gasteiger partial charge in [0, 0.05) is 32.1 Å². The second-order valence-electron chi connectivity index (χ2n) is 6.27. The van der Waals surface area contributed by atoms with E-state index in [4.69, 9.17) is 0 Å². The fourth-order valence-corrected chi connectivity index (χ4v) is 3.89. The highest BCUT2D eigenvalue weighted by atomic mass is 32.2. The predicted octanol–water partition coefficient (Wildman–Crippen LogP) is 2.86. The largest absolute Gasteiger partial charge is 0.373 e. The molecule has 1 aromatic heterocycles. The SMILES string of the molecule is CNc1cc([C@@H]2CCCN2Cc2ccc(S(C)(=O)=O)cc2)ccn1. The van der Waals surface area contributed by atoms with Crippen LogP contribution in [0.5, 0.6) is 0 Å². The number of likely N-dealkylation sites (tertiary alicyclic amines) is 1. The van der Waals surface area contributed by atoms with Crippen LogP contribution in [0.2, 0.25) is 0 Å². The summed E-state index contributed by atoms with van der Waals surface area (Å²) in [6.07, 6.45) is 5.39. The monoisotopic (exact) mass is 345 g/mol. The summed E-state index contributed by atoms with van der Waals surface area (Å²) in [5.74, 6) is 0.886. The fourth-order valence-electron chi connectivity index (χ4n) is 3.26. The molecule has 1 saturated heterocycles. The van der Waals surface area contributed by atoms with Gasteiger partial charge in [0.05, 0.1) is 4.90 Å². The topological polar surface area (TPSA) is 62.3 Å². The van der Waals surface area contributed by atoms with E-state index >= 15 is 0 Å². The van der Waals surface area contributed by atoms with Crippen molar-refractivity contribution in [3.8, 4) is 0 Å². The summed E-state index contributed by atoms with van der Waals surface area (Å²) < 4.78 is 23.1. The van der Waals surface area contributed by atoms with Crippen LogP contribution in [0.15, 0.2) is 47.5 Å². The zero-order chi connectivity index (χ0) is 17.2. The number of hydrogen-bond donors (Lipinski definition) is 1. The molecule has 1 aliphatic heterocycles. The molecule has 0 unspecified atom stereocenters. The first-order chi connectivity index (χ1) is 11.5. The molecular formula is C18H23N3O2S. The van der Waals surface area contributed by atoms with Gasteiger partial charge >= 0.3 is 0 Å². The molecule has 128 valence electrons. The zero-order valence-corrected chi connectivity index (χ0v) is 14.9. The van der Waals surface area contributed by atoms with Crippen LogP contribution in [0.1, 0.15) is 30.0 Å². The molecule has 1 aromatic carbocycles. The van der Waals surface area contributed by atoms with Gasteiger partial charge in [-0.1, -0.05) is 12.1 Å². The third kappa shape index (κ3) is 3.76. The van der Waals surface area contributed by atoms with Crippen molar-refractivity contribution < 1.29 is 8.42 Å². The van der Waals surface area contributed by atoms with Crippen LogP contribution in [0.4, 0.5) is 5.82 Å². The maximum absolute atomic E-state index is 11.6. The van der Waals surface area contributed by atoms with Gasteiger partial charge in [-0.05, 0) is 54.8 Å². The smallest absolute Gasteiger partial charge is 0.175 e. The molecule has 0 bridgehead atoms. The summed E-state index contributed by atoms with van der Waals surface area (Å²) in [6.45, 7) is 1.88. The van der Waals surface area contributed by atoms with Crippen LogP contribution in [0.3, 0.4) is 0 Å². The lowest BCUT2D eigenvalue weighted by atomic mass is 10.1. The van der Waals surface area contributed by atoms with Crippen molar-refractivity contribution in [3.63, 3.8) is 0 Å². The Kier molecular flexibility index (Phi) is 4.87. The van der Waals surface area contributed by atoms with E-state index in [0.717, 1.165) is 30.9 Å². The molecular weight excluding hydrogens is 322 g/mol. The third-order valence-corrected chi connectivity index (χ3v) is 5.65. The quantitative estimate of drug-likeness (QED) is 0.903. The molecule has 6 heteroatoms. The van der Waals surface area contributed by atoms with Gasteiger partial charge in [-0.3, -0.25) is 4.90 Å². The lowest BCUT2D eigenvalue weighted by Gasteiger charge is -2.25. The van der Waals surface area contributed by atoms with Gasteiger partial charge in [-0.2, -0.15) is 0 Å². The minimum atomic E-state index is -3.14. The van der Waals surface area contributed by atoms with Crippen LogP contribution in [0, 0.1) is 0 Å². The highest BCUT2D eigenvalue weighted by molar-refractivity contribution is 7.90. The van der Waals surface area contributed by atoms with Crippen molar-refractivity contribution in [1.29, 1.82) is 0 Å². The Labute approximate surface area is 143 Å². The third-order valence-electron chi connectivity index (χ3n) is 4.53. The average molecular weight is 345 g/mol. The second kappa shape index (κ2) is 6.91. The molecule has 1 aliphatic rings. The number of pyridine rings is 1. The fraction of sp³-hybridized carbons (Fsp3) is 0.389. The number of anilines is 1. The van der Waals surface area contributed by atoms with Crippen molar-refractivity contribution in [1.82, 2.24) is 9.88 Å². The summed E-state index contributed by atoms with van der Waals surface area (Å²) in [5.41, 5.74) is 2.41. The molecule has 2 aromatic rings. The standard InChI is InChI=1S/C18H23N3O2S/c1-19-18-12-15(9-10-20-18)17-4-3-11-21(17)13-14-5-7-16(8-6-14)24(2,22)23/h5-10,12,17H,3-4,11,13H2,1-2H3,(H,19,20)/t17-/m0/s1. The van der Waals surface area contributed by atoms with Crippen LogP contribution in [0.25, 0.3) is 0 Å². The Hall–Kier alpha value is -1.92. The summed E-state index contributed by atoms with van der Waals surface area (Å²) in [7, 11) is -1.26. The predicted molar refractivity (Wildman–Crippen MR) is 95.7 cm³/mol. The van der Waals surface area contributed by atoms with Gasteiger partial charge in [0.15, 0.2) is 9.84 Å². The Morgan fingerprint density at radius 3 is 2.67 bits per heavy atom. The zero-order valence-electron chi connectivity index (χ0n) is 14.1. The maximum atomic E-state index is 11.6. The van der Waals surface area contributed by atoms with Crippen molar-refractivity contribution in [2.45, 2.75) is 30.3 Å². The van der Waals surface area contributed by atoms with Gasteiger partial charge in [0.2, 0.25) is 0 Å². The molecule has 1 atom stereocenters. The number of nitrogens with zero attached hydrogens (tertiary/aromatic N) is 2. The van der Waals surface area contributed by atoms with Crippen LogP contribution < -0.4 is 5.32 Å². The molecule has 5 nitrogen and oxygen atoms in total. The number of sulfone groups is 1. The van der Waals surface area contributed by atoms with Crippen LogP contribution in [-0.2, 0) is 16.4 Å². The highest BCUT2D eigenvalue weighted by Gasteiger charge is 2.26.